The van der Waals surface area contributed by atoms with Crippen molar-refractivity contribution in [3.05, 3.63) is 93.1 Å². The summed E-state index contributed by atoms with van der Waals surface area (Å²) in [7, 11) is 1.21. The normalized spacial score (nSPS) is 14.6. The van der Waals surface area contributed by atoms with E-state index >= 15 is 4.39 Å². The Morgan fingerprint density at radius 3 is 2.65 bits per heavy atom. The standard InChI is InChI=1S/C25H17ClFN3O3S/c1-33-22(31)15-5-4-6-16(21(15)27)25(11-12-25)30-18-10-9-14(26)13-19(18)29(24(30)32)23-28-17-7-2-3-8-20(17)34-23/h2-10,13H,11-12H2,1H3. The quantitative estimate of drug-likeness (QED) is 0.309. The molecular weight excluding hydrogens is 477 g/mol. The van der Waals surface area contributed by atoms with Gasteiger partial charge in [-0.3, -0.25) is 4.57 Å². The number of benzene rings is 3. The molecule has 0 radical (unpaired) electrons. The summed E-state index contributed by atoms with van der Waals surface area (Å²) in [6.45, 7) is 0. The minimum Gasteiger partial charge on any atom is -0.465 e. The number of methoxy groups -OCH3 is 1. The molecule has 9 heteroatoms. The molecule has 6 rings (SSSR count). The van der Waals surface area contributed by atoms with Crippen LogP contribution in [0, 0.1) is 5.82 Å². The number of hydrogen-bond donors (Lipinski definition) is 0. The number of ether oxygens (including phenoxy) is 1. The van der Waals surface area contributed by atoms with Crippen molar-refractivity contribution < 1.29 is 13.9 Å². The number of aromatic nitrogens is 3. The number of carbonyl (C=O) groups excluding carboxylic acids is 1. The molecule has 0 atom stereocenters. The van der Waals surface area contributed by atoms with Gasteiger partial charge < -0.3 is 4.74 Å². The van der Waals surface area contributed by atoms with Crippen molar-refractivity contribution in [3.63, 3.8) is 0 Å². The Bertz CT molecular complexity index is 1650. The summed E-state index contributed by atoms with van der Waals surface area (Å²) in [5.74, 6) is -1.43. The number of thiazole rings is 1. The highest BCUT2D eigenvalue weighted by molar-refractivity contribution is 7.20. The van der Waals surface area contributed by atoms with Crippen LogP contribution in [0.15, 0.2) is 65.5 Å². The van der Waals surface area contributed by atoms with Crippen LogP contribution in [0.2, 0.25) is 5.02 Å². The molecule has 1 aliphatic rings. The summed E-state index contributed by atoms with van der Waals surface area (Å²) < 4.78 is 24.4. The van der Waals surface area contributed by atoms with Gasteiger partial charge in [-0.15, -0.1) is 0 Å². The third-order valence-corrected chi connectivity index (χ3v) is 7.59. The molecule has 0 saturated heterocycles. The van der Waals surface area contributed by atoms with Crippen LogP contribution in [0.1, 0.15) is 28.8 Å². The second kappa shape index (κ2) is 7.51. The van der Waals surface area contributed by atoms with Gasteiger partial charge >= 0.3 is 11.7 Å². The Balaban J connectivity index is 1.64. The van der Waals surface area contributed by atoms with E-state index in [9.17, 15) is 9.59 Å². The van der Waals surface area contributed by atoms with Crippen molar-refractivity contribution in [1.29, 1.82) is 0 Å². The molecule has 2 heterocycles. The Morgan fingerprint density at radius 2 is 1.91 bits per heavy atom. The molecule has 0 spiro atoms. The van der Waals surface area contributed by atoms with Crippen molar-refractivity contribution in [1.82, 2.24) is 14.1 Å². The lowest BCUT2D eigenvalue weighted by Gasteiger charge is -2.20. The van der Waals surface area contributed by atoms with Crippen molar-refractivity contribution >= 4 is 50.2 Å². The van der Waals surface area contributed by atoms with E-state index in [2.05, 4.69) is 4.98 Å². The Labute approximate surface area is 201 Å². The summed E-state index contributed by atoms with van der Waals surface area (Å²) in [5, 5.41) is 0.986. The predicted octanol–water partition coefficient (Wildman–Crippen LogP) is 5.52. The van der Waals surface area contributed by atoms with Gasteiger partial charge in [0.2, 0.25) is 0 Å². The number of para-hydroxylation sites is 1. The fourth-order valence-electron chi connectivity index (χ4n) is 4.62. The Hall–Kier alpha value is -3.49. The summed E-state index contributed by atoms with van der Waals surface area (Å²) in [5.41, 5.74) is 0.876. The zero-order chi connectivity index (χ0) is 23.6. The molecule has 3 aromatic carbocycles. The van der Waals surface area contributed by atoms with Crippen LogP contribution >= 0.6 is 22.9 Å². The monoisotopic (exact) mass is 493 g/mol. The maximum Gasteiger partial charge on any atom is 0.340 e. The molecule has 0 N–H and O–H groups in total. The first-order valence-corrected chi connectivity index (χ1v) is 11.8. The van der Waals surface area contributed by atoms with E-state index in [1.54, 1.807) is 34.9 Å². The van der Waals surface area contributed by atoms with E-state index in [4.69, 9.17) is 16.3 Å². The van der Waals surface area contributed by atoms with Crippen molar-refractivity contribution in [2.45, 2.75) is 18.4 Å². The lowest BCUT2D eigenvalue weighted by molar-refractivity contribution is 0.0595. The number of rotatable bonds is 4. The number of imidazole rings is 1. The molecule has 0 amide bonds. The summed E-state index contributed by atoms with van der Waals surface area (Å²) in [6, 6.07) is 17.5. The number of halogens is 2. The molecular formula is C25H17ClFN3O3S. The zero-order valence-electron chi connectivity index (χ0n) is 17.9. The van der Waals surface area contributed by atoms with Gasteiger partial charge in [0.05, 0.1) is 39.5 Å². The van der Waals surface area contributed by atoms with E-state index in [0.29, 0.717) is 34.0 Å². The fraction of sp³-hybridized carbons (Fsp3) is 0.160. The van der Waals surface area contributed by atoms with Crippen LogP contribution in [0.25, 0.3) is 26.4 Å². The smallest absolute Gasteiger partial charge is 0.340 e. The van der Waals surface area contributed by atoms with Crippen LogP contribution in [-0.2, 0) is 10.3 Å². The van der Waals surface area contributed by atoms with Crippen LogP contribution in [-0.4, -0.2) is 27.2 Å². The van der Waals surface area contributed by atoms with Crippen molar-refractivity contribution in [2.24, 2.45) is 0 Å². The maximum atomic E-state index is 15.5. The van der Waals surface area contributed by atoms with Crippen LogP contribution in [0.5, 0.6) is 0 Å². The lowest BCUT2D eigenvalue weighted by Crippen LogP contribution is -2.33. The molecule has 0 unspecified atom stereocenters. The minimum absolute atomic E-state index is 0.155. The highest BCUT2D eigenvalue weighted by Crippen LogP contribution is 2.51. The predicted molar refractivity (Wildman–Crippen MR) is 130 cm³/mol. The van der Waals surface area contributed by atoms with Gasteiger partial charge in [0.25, 0.3) is 0 Å². The average Bonchev–Trinajstić information content (AvgIpc) is 3.41. The molecule has 34 heavy (non-hydrogen) atoms. The molecule has 5 aromatic rings. The third-order valence-electron chi connectivity index (χ3n) is 6.33. The second-order valence-corrected chi connectivity index (χ2v) is 9.69. The van der Waals surface area contributed by atoms with Crippen molar-refractivity contribution in [2.75, 3.05) is 7.11 Å². The topological polar surface area (TPSA) is 66.1 Å². The first-order chi connectivity index (χ1) is 16.4. The Morgan fingerprint density at radius 1 is 1.12 bits per heavy atom. The molecule has 170 valence electrons. The molecule has 0 aliphatic heterocycles. The van der Waals surface area contributed by atoms with Gasteiger partial charge in [-0.25, -0.2) is 23.5 Å². The van der Waals surface area contributed by atoms with Crippen molar-refractivity contribution in [3.8, 4) is 5.13 Å². The highest BCUT2D eigenvalue weighted by Gasteiger charge is 2.51. The molecule has 1 aliphatic carbocycles. The Kier molecular flexibility index (Phi) is 4.65. The van der Waals surface area contributed by atoms with Gasteiger partial charge in [0, 0.05) is 10.6 Å². The van der Waals surface area contributed by atoms with Crippen LogP contribution in [0.4, 0.5) is 4.39 Å². The maximum absolute atomic E-state index is 15.5. The number of esters is 1. The fourth-order valence-corrected chi connectivity index (χ4v) is 5.76. The lowest BCUT2D eigenvalue weighted by atomic mass is 10.00. The molecule has 1 fully saturated rings. The number of carbonyl (C=O) groups is 1. The van der Waals surface area contributed by atoms with E-state index in [0.717, 1.165) is 10.2 Å². The zero-order valence-corrected chi connectivity index (χ0v) is 19.5. The van der Waals surface area contributed by atoms with E-state index < -0.39 is 17.3 Å². The van der Waals surface area contributed by atoms with Gasteiger partial charge in [0.1, 0.15) is 5.82 Å². The van der Waals surface area contributed by atoms with Gasteiger partial charge in [-0.2, -0.15) is 0 Å². The van der Waals surface area contributed by atoms with E-state index in [1.165, 1.54) is 29.1 Å². The first kappa shape index (κ1) is 21.1. The van der Waals surface area contributed by atoms with Crippen LogP contribution < -0.4 is 5.69 Å². The van der Waals surface area contributed by atoms with E-state index in [1.807, 2.05) is 24.3 Å². The SMILES string of the molecule is COC(=O)c1cccc(C2(n3c(=O)n(-c4nc5ccccc5s4)c4cc(Cl)ccc43)CC2)c1F. The molecule has 6 nitrogen and oxygen atoms in total. The van der Waals surface area contributed by atoms with Gasteiger partial charge in [-0.05, 0) is 49.2 Å². The number of fused-ring (bicyclic) bond motifs is 2. The highest BCUT2D eigenvalue weighted by atomic mass is 35.5. The molecule has 1 saturated carbocycles. The molecule has 0 bridgehead atoms. The van der Waals surface area contributed by atoms with E-state index in [-0.39, 0.29) is 16.8 Å². The summed E-state index contributed by atoms with van der Waals surface area (Å²) >= 11 is 7.71. The number of nitrogens with zero attached hydrogens (tertiary/aromatic N) is 3. The second-order valence-electron chi connectivity index (χ2n) is 8.24. The third kappa shape index (κ3) is 2.95. The number of hydrogen-bond acceptors (Lipinski definition) is 5. The van der Waals surface area contributed by atoms with Gasteiger partial charge in [0.15, 0.2) is 5.13 Å². The molecule has 2 aromatic heterocycles. The summed E-state index contributed by atoms with van der Waals surface area (Å²) in [6.07, 6.45) is 1.10. The largest absolute Gasteiger partial charge is 0.465 e. The van der Waals surface area contributed by atoms with Gasteiger partial charge in [-0.1, -0.05) is 47.2 Å². The average molecular weight is 494 g/mol. The summed E-state index contributed by atoms with van der Waals surface area (Å²) in [4.78, 5) is 30.7. The minimum atomic E-state index is -0.917. The first-order valence-electron chi connectivity index (χ1n) is 10.6. The van der Waals surface area contributed by atoms with Crippen LogP contribution in [0.3, 0.4) is 0 Å².